The van der Waals surface area contributed by atoms with Crippen LogP contribution in [0.1, 0.15) is 32.3 Å². The second-order valence-corrected chi connectivity index (χ2v) is 5.31. The highest BCUT2D eigenvalue weighted by atomic mass is 79.9. The van der Waals surface area contributed by atoms with Crippen LogP contribution >= 0.6 is 15.9 Å². The van der Waals surface area contributed by atoms with Crippen molar-refractivity contribution in [2.24, 2.45) is 0 Å². The zero-order chi connectivity index (χ0) is 15.3. The standard InChI is InChI=1S/C14H18BrF4N/c1-3-11(4-2)20(8-7-15)13-6-5-10(9-12(13)16)14(17,18)19/h5-6,9,11H,3-4,7-8H2,1-2H3. The summed E-state index contributed by atoms with van der Waals surface area (Å²) < 4.78 is 51.7. The molecule has 0 amide bonds. The van der Waals surface area contributed by atoms with Crippen molar-refractivity contribution in [2.75, 3.05) is 16.8 Å². The van der Waals surface area contributed by atoms with Crippen molar-refractivity contribution in [1.29, 1.82) is 0 Å². The first kappa shape index (κ1) is 17.3. The van der Waals surface area contributed by atoms with Gasteiger partial charge in [-0.3, -0.25) is 0 Å². The van der Waals surface area contributed by atoms with Gasteiger partial charge in [0.15, 0.2) is 0 Å². The van der Waals surface area contributed by atoms with E-state index in [1.807, 2.05) is 18.7 Å². The van der Waals surface area contributed by atoms with Crippen LogP contribution in [0.15, 0.2) is 18.2 Å². The molecule has 6 heteroatoms. The van der Waals surface area contributed by atoms with E-state index in [-0.39, 0.29) is 11.7 Å². The molecule has 0 fully saturated rings. The van der Waals surface area contributed by atoms with Crippen LogP contribution in [0.25, 0.3) is 0 Å². The molecule has 0 aliphatic carbocycles. The zero-order valence-corrected chi connectivity index (χ0v) is 13.1. The molecule has 0 N–H and O–H groups in total. The summed E-state index contributed by atoms with van der Waals surface area (Å²) in [5.41, 5.74) is -0.728. The lowest BCUT2D eigenvalue weighted by atomic mass is 10.1. The molecule has 0 saturated heterocycles. The second-order valence-electron chi connectivity index (χ2n) is 4.52. The third-order valence-corrected chi connectivity index (χ3v) is 3.65. The Labute approximate surface area is 125 Å². The van der Waals surface area contributed by atoms with E-state index < -0.39 is 17.6 Å². The molecule has 0 aliphatic rings. The summed E-state index contributed by atoms with van der Waals surface area (Å²) in [6, 6.07) is 2.83. The van der Waals surface area contributed by atoms with Gasteiger partial charge in [-0.05, 0) is 31.0 Å². The quantitative estimate of drug-likeness (QED) is 0.498. The van der Waals surface area contributed by atoms with E-state index >= 15 is 0 Å². The lowest BCUT2D eigenvalue weighted by molar-refractivity contribution is -0.137. The number of anilines is 1. The molecule has 0 aromatic heterocycles. The molecular weight excluding hydrogens is 338 g/mol. The fraction of sp³-hybridized carbons (Fsp3) is 0.571. The fourth-order valence-electron chi connectivity index (χ4n) is 2.24. The fourth-order valence-corrected chi connectivity index (χ4v) is 2.62. The van der Waals surface area contributed by atoms with Crippen LogP contribution in [0, 0.1) is 5.82 Å². The number of hydrogen-bond donors (Lipinski definition) is 0. The number of benzene rings is 1. The largest absolute Gasteiger partial charge is 0.416 e. The first-order chi connectivity index (χ1) is 9.35. The topological polar surface area (TPSA) is 3.24 Å². The average molecular weight is 356 g/mol. The van der Waals surface area contributed by atoms with Gasteiger partial charge < -0.3 is 4.90 Å². The average Bonchev–Trinajstić information content (AvgIpc) is 2.38. The number of hydrogen-bond acceptors (Lipinski definition) is 1. The van der Waals surface area contributed by atoms with Gasteiger partial charge in [-0.1, -0.05) is 29.8 Å². The van der Waals surface area contributed by atoms with E-state index in [0.717, 1.165) is 18.9 Å². The smallest absolute Gasteiger partial charge is 0.365 e. The monoisotopic (exact) mass is 355 g/mol. The Morgan fingerprint density at radius 1 is 1.20 bits per heavy atom. The van der Waals surface area contributed by atoms with Gasteiger partial charge in [0.2, 0.25) is 0 Å². The maximum Gasteiger partial charge on any atom is 0.416 e. The van der Waals surface area contributed by atoms with Crippen LogP contribution in [-0.4, -0.2) is 17.9 Å². The van der Waals surface area contributed by atoms with Gasteiger partial charge in [-0.25, -0.2) is 4.39 Å². The van der Waals surface area contributed by atoms with Crippen LogP contribution in [0.2, 0.25) is 0 Å². The third kappa shape index (κ3) is 4.11. The van der Waals surface area contributed by atoms with Crippen molar-refractivity contribution < 1.29 is 17.6 Å². The van der Waals surface area contributed by atoms with Crippen LogP contribution in [0.4, 0.5) is 23.2 Å². The summed E-state index contributed by atoms with van der Waals surface area (Å²) in [5, 5.41) is 0.629. The maximum absolute atomic E-state index is 14.0. The third-order valence-electron chi connectivity index (χ3n) is 3.29. The number of nitrogens with zero attached hydrogens (tertiary/aromatic N) is 1. The molecule has 1 aromatic rings. The summed E-state index contributed by atoms with van der Waals surface area (Å²) in [6.07, 6.45) is -2.90. The molecular formula is C14H18BrF4N. The van der Waals surface area contributed by atoms with Crippen molar-refractivity contribution in [3.05, 3.63) is 29.6 Å². The van der Waals surface area contributed by atoms with Gasteiger partial charge in [-0.15, -0.1) is 0 Å². The number of rotatable bonds is 6. The van der Waals surface area contributed by atoms with Crippen LogP contribution in [0.3, 0.4) is 0 Å². The molecule has 0 saturated carbocycles. The first-order valence-corrected chi connectivity index (χ1v) is 7.66. The highest BCUT2D eigenvalue weighted by Crippen LogP contribution is 2.33. The van der Waals surface area contributed by atoms with Gasteiger partial charge in [-0.2, -0.15) is 13.2 Å². The Morgan fingerprint density at radius 2 is 1.80 bits per heavy atom. The van der Waals surface area contributed by atoms with Gasteiger partial charge in [0.05, 0.1) is 11.3 Å². The minimum Gasteiger partial charge on any atom is -0.365 e. The Kier molecular flexibility index (Phi) is 6.30. The van der Waals surface area contributed by atoms with Gasteiger partial charge >= 0.3 is 6.18 Å². The van der Waals surface area contributed by atoms with Crippen LogP contribution in [0.5, 0.6) is 0 Å². The Balaban J connectivity index is 3.15. The van der Waals surface area contributed by atoms with Crippen molar-refractivity contribution in [1.82, 2.24) is 0 Å². The summed E-state index contributed by atoms with van der Waals surface area (Å²) in [4.78, 5) is 1.82. The molecule has 1 aromatic carbocycles. The van der Waals surface area contributed by atoms with Gasteiger partial charge in [0.25, 0.3) is 0 Å². The summed E-state index contributed by atoms with van der Waals surface area (Å²) in [6.45, 7) is 4.52. The predicted molar refractivity (Wildman–Crippen MR) is 76.9 cm³/mol. The molecule has 0 bridgehead atoms. The minimum absolute atomic E-state index is 0.110. The lowest BCUT2D eigenvalue weighted by Crippen LogP contribution is -2.36. The normalized spacial score (nSPS) is 12.0. The minimum atomic E-state index is -4.52. The summed E-state index contributed by atoms with van der Waals surface area (Å²) in [7, 11) is 0. The second kappa shape index (κ2) is 7.29. The van der Waals surface area contributed by atoms with Crippen molar-refractivity contribution in [2.45, 2.75) is 38.9 Å². The first-order valence-electron chi connectivity index (χ1n) is 6.54. The van der Waals surface area contributed by atoms with Crippen molar-refractivity contribution in [3.8, 4) is 0 Å². The molecule has 0 atom stereocenters. The van der Waals surface area contributed by atoms with E-state index in [9.17, 15) is 17.6 Å². The van der Waals surface area contributed by atoms with E-state index in [1.165, 1.54) is 6.07 Å². The molecule has 0 radical (unpaired) electrons. The number of alkyl halides is 4. The SMILES string of the molecule is CCC(CC)N(CCBr)c1ccc(C(F)(F)F)cc1F. The van der Waals surface area contributed by atoms with E-state index in [0.29, 0.717) is 17.9 Å². The highest BCUT2D eigenvalue weighted by Gasteiger charge is 2.32. The molecule has 0 heterocycles. The predicted octanol–water partition coefficient (Wildman–Crippen LogP) is 5.23. The van der Waals surface area contributed by atoms with Crippen LogP contribution < -0.4 is 4.90 Å². The van der Waals surface area contributed by atoms with Crippen LogP contribution in [-0.2, 0) is 6.18 Å². The lowest BCUT2D eigenvalue weighted by Gasteiger charge is -2.32. The number of halogens is 5. The summed E-state index contributed by atoms with van der Waals surface area (Å²) >= 11 is 3.30. The molecule has 0 spiro atoms. The van der Waals surface area contributed by atoms with Gasteiger partial charge in [0, 0.05) is 17.9 Å². The van der Waals surface area contributed by atoms with E-state index in [1.54, 1.807) is 0 Å². The Bertz CT molecular complexity index is 430. The van der Waals surface area contributed by atoms with Crippen molar-refractivity contribution in [3.63, 3.8) is 0 Å². The molecule has 0 unspecified atom stereocenters. The summed E-state index contributed by atoms with van der Waals surface area (Å²) in [5.74, 6) is -0.826. The maximum atomic E-state index is 14.0. The van der Waals surface area contributed by atoms with E-state index in [4.69, 9.17) is 0 Å². The van der Waals surface area contributed by atoms with Gasteiger partial charge in [0.1, 0.15) is 5.82 Å². The highest BCUT2D eigenvalue weighted by molar-refractivity contribution is 9.09. The zero-order valence-electron chi connectivity index (χ0n) is 11.5. The van der Waals surface area contributed by atoms with Crippen molar-refractivity contribution >= 4 is 21.6 Å². The van der Waals surface area contributed by atoms with E-state index in [2.05, 4.69) is 15.9 Å². The Morgan fingerprint density at radius 3 is 2.20 bits per heavy atom. The molecule has 1 rings (SSSR count). The Hall–Kier alpha value is -0.780. The molecule has 114 valence electrons. The molecule has 1 nitrogen and oxygen atoms in total. The molecule has 20 heavy (non-hydrogen) atoms. The molecule has 0 aliphatic heterocycles.